The predicted octanol–water partition coefficient (Wildman–Crippen LogP) is 3.49. The molecule has 0 aliphatic rings. The fourth-order valence-electron chi connectivity index (χ4n) is 2.06. The van der Waals surface area contributed by atoms with Crippen LogP contribution in [0.15, 0.2) is 59.1 Å². The molecule has 2 aromatic carbocycles. The maximum atomic E-state index is 11.6. The molecule has 0 amide bonds. The van der Waals surface area contributed by atoms with Crippen molar-refractivity contribution in [2.45, 2.75) is 13.5 Å². The Bertz CT molecular complexity index is 797. The second-order valence-electron chi connectivity index (χ2n) is 4.92. The lowest BCUT2D eigenvalue weighted by Gasteiger charge is -2.05. The summed E-state index contributed by atoms with van der Waals surface area (Å²) in [4.78, 5) is 15.9. The fourth-order valence-corrected chi connectivity index (χ4v) is 2.06. The molecule has 24 heavy (non-hydrogen) atoms. The number of carbonyl (C=O) groups excluding carboxylic acids is 1. The lowest BCUT2D eigenvalue weighted by Crippen LogP contribution is -2.04. The van der Waals surface area contributed by atoms with Crippen molar-refractivity contribution < 1.29 is 18.8 Å². The fraction of sp³-hybridized carbons (Fsp3) is 0.167. The summed E-state index contributed by atoms with van der Waals surface area (Å²) < 4.78 is 15.7. The van der Waals surface area contributed by atoms with Crippen LogP contribution in [-0.4, -0.2) is 22.7 Å². The van der Waals surface area contributed by atoms with Gasteiger partial charge in [0.2, 0.25) is 5.82 Å². The van der Waals surface area contributed by atoms with Crippen LogP contribution in [0.4, 0.5) is 0 Å². The number of aromatic nitrogens is 2. The van der Waals surface area contributed by atoms with E-state index in [-0.39, 0.29) is 12.6 Å². The standard InChI is InChI=1S/C18H16N2O4/c1-2-22-18(21)14-8-10-15(11-9-14)23-12-16-19-17(24-20-16)13-6-4-3-5-7-13/h3-11H,2,12H2,1H3. The summed E-state index contributed by atoms with van der Waals surface area (Å²) in [6.07, 6.45) is 0. The van der Waals surface area contributed by atoms with Gasteiger partial charge < -0.3 is 14.0 Å². The molecule has 3 rings (SSSR count). The molecule has 0 unspecified atom stereocenters. The van der Waals surface area contributed by atoms with Crippen LogP contribution < -0.4 is 4.74 Å². The highest BCUT2D eigenvalue weighted by molar-refractivity contribution is 5.89. The van der Waals surface area contributed by atoms with Crippen LogP contribution in [0.25, 0.3) is 11.5 Å². The van der Waals surface area contributed by atoms with Crippen LogP contribution in [0, 0.1) is 0 Å². The Kier molecular flexibility index (Phi) is 4.86. The van der Waals surface area contributed by atoms with Gasteiger partial charge in [-0.3, -0.25) is 0 Å². The SMILES string of the molecule is CCOC(=O)c1ccc(OCc2noc(-c3ccccc3)n2)cc1. The van der Waals surface area contributed by atoms with Gasteiger partial charge in [0.1, 0.15) is 5.75 Å². The third-order valence-corrected chi connectivity index (χ3v) is 3.22. The molecule has 0 fully saturated rings. The van der Waals surface area contributed by atoms with Gasteiger partial charge in [-0.1, -0.05) is 23.4 Å². The predicted molar refractivity (Wildman–Crippen MR) is 86.5 cm³/mol. The van der Waals surface area contributed by atoms with Crippen molar-refractivity contribution in [2.24, 2.45) is 0 Å². The van der Waals surface area contributed by atoms with Gasteiger partial charge in [0.15, 0.2) is 6.61 Å². The number of ether oxygens (including phenoxy) is 2. The molecule has 6 nitrogen and oxygen atoms in total. The summed E-state index contributed by atoms with van der Waals surface area (Å²) in [7, 11) is 0. The Morgan fingerprint density at radius 3 is 2.54 bits per heavy atom. The Hall–Kier alpha value is -3.15. The largest absolute Gasteiger partial charge is 0.485 e. The van der Waals surface area contributed by atoms with Crippen LogP contribution in [-0.2, 0) is 11.3 Å². The van der Waals surface area contributed by atoms with Crippen LogP contribution >= 0.6 is 0 Å². The number of benzene rings is 2. The maximum Gasteiger partial charge on any atom is 0.338 e. The third kappa shape index (κ3) is 3.78. The van der Waals surface area contributed by atoms with E-state index < -0.39 is 0 Å². The van der Waals surface area contributed by atoms with Crippen molar-refractivity contribution in [3.05, 3.63) is 66.0 Å². The molecule has 0 bridgehead atoms. The molecular weight excluding hydrogens is 308 g/mol. The zero-order valence-corrected chi connectivity index (χ0v) is 13.1. The first-order chi connectivity index (χ1) is 11.8. The number of carbonyl (C=O) groups is 1. The minimum atomic E-state index is -0.352. The molecule has 1 aromatic heterocycles. The highest BCUT2D eigenvalue weighted by Crippen LogP contribution is 2.18. The zero-order valence-electron chi connectivity index (χ0n) is 13.1. The number of hydrogen-bond acceptors (Lipinski definition) is 6. The highest BCUT2D eigenvalue weighted by atomic mass is 16.5. The molecule has 0 radical (unpaired) electrons. The summed E-state index contributed by atoms with van der Waals surface area (Å²) in [6, 6.07) is 16.2. The van der Waals surface area contributed by atoms with Gasteiger partial charge >= 0.3 is 5.97 Å². The topological polar surface area (TPSA) is 74.5 Å². The number of esters is 1. The van der Waals surface area contributed by atoms with Gasteiger partial charge in [-0.15, -0.1) is 0 Å². The van der Waals surface area contributed by atoms with Crippen molar-refractivity contribution in [1.29, 1.82) is 0 Å². The monoisotopic (exact) mass is 324 g/mol. The Morgan fingerprint density at radius 1 is 1.08 bits per heavy atom. The molecule has 0 aliphatic carbocycles. The molecular formula is C18H16N2O4. The van der Waals surface area contributed by atoms with E-state index in [1.165, 1.54) is 0 Å². The molecule has 0 saturated carbocycles. The molecule has 0 N–H and O–H groups in total. The first-order valence-electron chi connectivity index (χ1n) is 7.54. The molecule has 3 aromatic rings. The van der Waals surface area contributed by atoms with Crippen LogP contribution in [0.1, 0.15) is 23.1 Å². The first kappa shape index (κ1) is 15.7. The highest BCUT2D eigenvalue weighted by Gasteiger charge is 2.10. The second-order valence-corrected chi connectivity index (χ2v) is 4.92. The van der Waals surface area contributed by atoms with E-state index in [4.69, 9.17) is 14.0 Å². The number of hydrogen-bond donors (Lipinski definition) is 0. The van der Waals surface area contributed by atoms with Gasteiger partial charge in [0, 0.05) is 5.56 Å². The molecule has 6 heteroatoms. The smallest absolute Gasteiger partial charge is 0.338 e. The average Bonchev–Trinajstić information content (AvgIpc) is 3.10. The Labute approximate surface area is 139 Å². The molecule has 0 spiro atoms. The van der Waals surface area contributed by atoms with E-state index in [9.17, 15) is 4.79 Å². The van der Waals surface area contributed by atoms with Gasteiger partial charge in [0.05, 0.1) is 12.2 Å². The summed E-state index contributed by atoms with van der Waals surface area (Å²) in [5.41, 5.74) is 1.34. The summed E-state index contributed by atoms with van der Waals surface area (Å²) in [6.45, 7) is 2.29. The van der Waals surface area contributed by atoms with Crippen LogP contribution in [0.5, 0.6) is 5.75 Å². The van der Waals surface area contributed by atoms with Crippen molar-refractivity contribution >= 4 is 5.97 Å². The first-order valence-corrected chi connectivity index (χ1v) is 7.54. The van der Waals surface area contributed by atoms with Crippen molar-refractivity contribution in [1.82, 2.24) is 10.1 Å². The van der Waals surface area contributed by atoms with E-state index >= 15 is 0 Å². The molecule has 0 aliphatic heterocycles. The molecule has 1 heterocycles. The lowest BCUT2D eigenvalue weighted by atomic mass is 10.2. The van der Waals surface area contributed by atoms with Crippen molar-refractivity contribution in [3.63, 3.8) is 0 Å². The third-order valence-electron chi connectivity index (χ3n) is 3.22. The molecule has 0 atom stereocenters. The van der Waals surface area contributed by atoms with Crippen LogP contribution in [0.2, 0.25) is 0 Å². The molecule has 122 valence electrons. The second kappa shape index (κ2) is 7.41. The van der Waals surface area contributed by atoms with E-state index in [2.05, 4.69) is 10.1 Å². The maximum absolute atomic E-state index is 11.6. The summed E-state index contributed by atoms with van der Waals surface area (Å²) in [5, 5.41) is 3.89. The van der Waals surface area contributed by atoms with Gasteiger partial charge in [0.25, 0.3) is 5.89 Å². The number of rotatable bonds is 6. The lowest BCUT2D eigenvalue weighted by molar-refractivity contribution is 0.0526. The summed E-state index contributed by atoms with van der Waals surface area (Å²) in [5.74, 6) is 1.15. The minimum absolute atomic E-state index is 0.176. The van der Waals surface area contributed by atoms with Crippen molar-refractivity contribution in [3.8, 4) is 17.2 Å². The molecule has 0 saturated heterocycles. The van der Waals surface area contributed by atoms with Gasteiger partial charge in [-0.05, 0) is 43.3 Å². The quantitative estimate of drug-likeness (QED) is 0.646. The van der Waals surface area contributed by atoms with Crippen LogP contribution in [0.3, 0.4) is 0 Å². The zero-order chi connectivity index (χ0) is 16.8. The van der Waals surface area contributed by atoms with Gasteiger partial charge in [-0.2, -0.15) is 4.98 Å². The Balaban J connectivity index is 1.60. The summed E-state index contributed by atoms with van der Waals surface area (Å²) >= 11 is 0. The Morgan fingerprint density at radius 2 is 1.83 bits per heavy atom. The van der Waals surface area contributed by atoms with Crippen molar-refractivity contribution in [2.75, 3.05) is 6.61 Å². The van der Waals surface area contributed by atoms with Gasteiger partial charge in [-0.25, -0.2) is 4.79 Å². The van der Waals surface area contributed by atoms with E-state index in [1.807, 2.05) is 30.3 Å². The number of nitrogens with zero attached hydrogens (tertiary/aromatic N) is 2. The average molecular weight is 324 g/mol. The normalized spacial score (nSPS) is 10.4. The van der Waals surface area contributed by atoms with E-state index in [0.717, 1.165) is 5.56 Å². The van der Waals surface area contributed by atoms with E-state index in [1.54, 1.807) is 31.2 Å². The van der Waals surface area contributed by atoms with E-state index in [0.29, 0.717) is 29.6 Å². The minimum Gasteiger partial charge on any atom is -0.485 e.